The lowest BCUT2D eigenvalue weighted by atomic mass is 9.72. The topological polar surface area (TPSA) is 145 Å². The fourth-order valence-electron chi connectivity index (χ4n) is 6.23. The molecule has 46 heavy (non-hydrogen) atoms. The van der Waals surface area contributed by atoms with Crippen LogP contribution in [0.2, 0.25) is 0 Å². The van der Waals surface area contributed by atoms with Gasteiger partial charge in [0.05, 0.1) is 19.3 Å². The lowest BCUT2D eigenvalue weighted by Gasteiger charge is -2.43. The third-order valence-electron chi connectivity index (χ3n) is 8.56. The molecule has 1 aliphatic heterocycles. The minimum atomic E-state index is -1.48. The molecule has 1 aromatic heterocycles. The molecule has 2 atom stereocenters. The van der Waals surface area contributed by atoms with Crippen molar-refractivity contribution in [3.63, 3.8) is 0 Å². The Hall–Kier alpha value is -4.68. The number of methoxy groups -OCH3 is 1. The lowest BCUT2D eigenvalue weighted by molar-refractivity contribution is -0.0564. The van der Waals surface area contributed by atoms with E-state index in [1.807, 2.05) is 55.5 Å². The number of rotatable bonds is 12. The number of piperidine rings is 1. The van der Waals surface area contributed by atoms with Crippen LogP contribution in [0.5, 0.6) is 0 Å². The summed E-state index contributed by atoms with van der Waals surface area (Å²) in [5.41, 5.74) is 2.55. The molecule has 2 heterocycles. The van der Waals surface area contributed by atoms with Crippen molar-refractivity contribution in [2.45, 2.75) is 51.3 Å². The van der Waals surface area contributed by atoms with Crippen LogP contribution >= 0.6 is 0 Å². The third kappa shape index (κ3) is 7.75. The number of aromatic nitrogens is 4. The highest BCUT2D eigenvalue weighted by molar-refractivity contribution is 5.94. The molecule has 1 saturated heterocycles. The number of aromatic amines is 1. The van der Waals surface area contributed by atoms with Crippen molar-refractivity contribution in [1.82, 2.24) is 36.2 Å². The number of benzene rings is 3. The number of hydrogen-bond donors (Lipinski definition) is 4. The van der Waals surface area contributed by atoms with Gasteiger partial charge in [-0.1, -0.05) is 59.3 Å². The van der Waals surface area contributed by atoms with Crippen molar-refractivity contribution >= 4 is 12.0 Å². The van der Waals surface area contributed by atoms with E-state index in [0.29, 0.717) is 73.5 Å². The van der Waals surface area contributed by atoms with Gasteiger partial charge in [-0.2, -0.15) is 5.21 Å². The highest BCUT2D eigenvalue weighted by Gasteiger charge is 2.43. The number of alkyl carbamates (subject to hydrolysis) is 1. The summed E-state index contributed by atoms with van der Waals surface area (Å²) in [5.74, 6) is -0.355. The average molecular weight is 630 g/mol. The molecule has 4 aromatic rings. The molecule has 0 radical (unpaired) electrons. The highest BCUT2D eigenvalue weighted by atomic mass is 19.1. The second-order valence-corrected chi connectivity index (χ2v) is 11.7. The van der Waals surface area contributed by atoms with Crippen LogP contribution in [-0.4, -0.2) is 69.4 Å². The zero-order valence-electron chi connectivity index (χ0n) is 26.1. The Morgan fingerprint density at radius 3 is 2.67 bits per heavy atom. The molecule has 12 heteroatoms. The van der Waals surface area contributed by atoms with Crippen molar-refractivity contribution < 1.29 is 23.8 Å². The molecule has 1 aliphatic rings. The van der Waals surface area contributed by atoms with Gasteiger partial charge in [0.25, 0.3) is 5.91 Å². The predicted molar refractivity (Wildman–Crippen MR) is 170 cm³/mol. The number of nitrogens with zero attached hydrogens (tertiary/aromatic N) is 4. The Morgan fingerprint density at radius 1 is 1.13 bits per heavy atom. The standard InChI is InChI=1S/C34H40FN7O4/c1-23-7-3-8-26(19-23)31-28(10-4-11-29(31)35)34(45,16-6-17-37-33(44)46-2)27-9-5-18-42(22-27)32(43)25-14-12-24(13-15-25)20-36-21-30-38-40-41-39-30/h3-4,7-8,10-15,19,27,36,45H,5-6,9,16-18,20-22H2,1-2H3,(H,37,44)(H,38,39,40,41)/t27-,34+/m1/s1. The number of halogens is 1. The van der Waals surface area contributed by atoms with Crippen LogP contribution in [0.25, 0.3) is 11.1 Å². The van der Waals surface area contributed by atoms with E-state index in [0.717, 1.165) is 11.1 Å². The normalized spacial score (nSPS) is 16.1. The summed E-state index contributed by atoms with van der Waals surface area (Å²) in [5, 5.41) is 32.4. The van der Waals surface area contributed by atoms with Crippen molar-refractivity contribution in [2.24, 2.45) is 5.92 Å². The Balaban J connectivity index is 1.37. The van der Waals surface area contributed by atoms with Gasteiger partial charge >= 0.3 is 6.09 Å². The number of carbonyl (C=O) groups is 2. The molecular formula is C34H40FN7O4. The molecule has 1 fully saturated rings. The summed E-state index contributed by atoms with van der Waals surface area (Å²) >= 11 is 0. The first kappa shape index (κ1) is 32.7. The molecule has 0 bridgehead atoms. The number of nitrogens with one attached hydrogen (secondary N) is 3. The lowest BCUT2D eigenvalue weighted by Crippen LogP contribution is -2.48. The van der Waals surface area contributed by atoms with Crippen LogP contribution in [0, 0.1) is 18.7 Å². The molecule has 0 spiro atoms. The summed E-state index contributed by atoms with van der Waals surface area (Å²) < 4.78 is 20.3. The first-order valence-corrected chi connectivity index (χ1v) is 15.5. The molecular weight excluding hydrogens is 589 g/mol. The summed E-state index contributed by atoms with van der Waals surface area (Å²) in [6.45, 7) is 4.11. The van der Waals surface area contributed by atoms with E-state index in [1.54, 1.807) is 17.0 Å². The smallest absolute Gasteiger partial charge is 0.406 e. The molecule has 4 N–H and O–H groups in total. The van der Waals surface area contributed by atoms with Crippen molar-refractivity contribution in [1.29, 1.82) is 0 Å². The van der Waals surface area contributed by atoms with E-state index >= 15 is 4.39 Å². The quantitative estimate of drug-likeness (QED) is 0.168. The molecule has 242 valence electrons. The van der Waals surface area contributed by atoms with Crippen molar-refractivity contribution in [3.8, 4) is 11.1 Å². The van der Waals surface area contributed by atoms with E-state index in [2.05, 4.69) is 31.3 Å². The van der Waals surface area contributed by atoms with E-state index in [4.69, 9.17) is 4.74 Å². The Labute approximate surface area is 267 Å². The second-order valence-electron chi connectivity index (χ2n) is 11.7. The second kappa shape index (κ2) is 15.1. The van der Waals surface area contributed by atoms with Gasteiger partial charge in [0, 0.05) is 43.2 Å². The predicted octanol–water partition coefficient (Wildman–Crippen LogP) is 4.48. The summed E-state index contributed by atoms with van der Waals surface area (Å²) in [6, 6.07) is 19.8. The first-order valence-electron chi connectivity index (χ1n) is 15.5. The molecule has 0 saturated carbocycles. The minimum Gasteiger partial charge on any atom is -0.453 e. The zero-order valence-corrected chi connectivity index (χ0v) is 26.1. The molecule has 2 amide bonds. The van der Waals surface area contributed by atoms with Crippen LogP contribution in [-0.2, 0) is 23.4 Å². The zero-order chi connectivity index (χ0) is 32.5. The van der Waals surface area contributed by atoms with Crippen LogP contribution < -0.4 is 10.6 Å². The number of likely N-dealkylation sites (tertiary alicyclic amines) is 1. The fourth-order valence-corrected chi connectivity index (χ4v) is 6.23. The Kier molecular flexibility index (Phi) is 10.7. The van der Waals surface area contributed by atoms with Crippen molar-refractivity contribution in [3.05, 3.63) is 101 Å². The van der Waals surface area contributed by atoms with E-state index in [-0.39, 0.29) is 24.8 Å². The number of tetrazole rings is 1. The highest BCUT2D eigenvalue weighted by Crippen LogP contribution is 2.44. The fraction of sp³-hybridized carbons (Fsp3) is 0.382. The van der Waals surface area contributed by atoms with Gasteiger partial charge in [0.1, 0.15) is 5.82 Å². The molecule has 0 unspecified atom stereocenters. The number of ether oxygens (including phenoxy) is 1. The van der Waals surface area contributed by atoms with Crippen molar-refractivity contribution in [2.75, 3.05) is 26.7 Å². The van der Waals surface area contributed by atoms with E-state index in [9.17, 15) is 14.7 Å². The SMILES string of the molecule is COC(=O)NCCC[C@@](O)(c1cccc(F)c1-c1cccc(C)c1)[C@@H]1CCCN(C(=O)c2ccc(CNCc3nn[nH]n3)cc2)C1. The Morgan fingerprint density at radius 2 is 1.93 bits per heavy atom. The van der Waals surface area contributed by atoms with Crippen LogP contribution in [0.4, 0.5) is 9.18 Å². The number of aliphatic hydroxyl groups is 1. The molecule has 3 aromatic carbocycles. The summed E-state index contributed by atoms with van der Waals surface area (Å²) in [7, 11) is 1.29. The van der Waals surface area contributed by atoms with Gasteiger partial charge in [0.15, 0.2) is 5.82 Å². The van der Waals surface area contributed by atoms with Gasteiger partial charge in [-0.15, -0.1) is 10.2 Å². The first-order chi connectivity index (χ1) is 22.3. The monoisotopic (exact) mass is 629 g/mol. The molecule has 11 nitrogen and oxygen atoms in total. The maximum absolute atomic E-state index is 15.6. The Bertz CT molecular complexity index is 1620. The summed E-state index contributed by atoms with van der Waals surface area (Å²) in [6.07, 6.45) is 1.45. The number of H-pyrrole nitrogens is 1. The number of aryl methyl sites for hydroxylation is 1. The van der Waals surface area contributed by atoms with E-state index in [1.165, 1.54) is 13.2 Å². The number of carbonyl (C=O) groups excluding carboxylic acids is 2. The van der Waals surface area contributed by atoms with Gasteiger partial charge in [0.2, 0.25) is 0 Å². The van der Waals surface area contributed by atoms with Gasteiger partial charge in [-0.05, 0) is 67.5 Å². The van der Waals surface area contributed by atoms with E-state index < -0.39 is 17.5 Å². The van der Waals surface area contributed by atoms with Gasteiger partial charge in [-0.3, -0.25) is 4.79 Å². The maximum Gasteiger partial charge on any atom is 0.406 e. The van der Waals surface area contributed by atoms with Gasteiger partial charge in [-0.25, -0.2) is 9.18 Å². The minimum absolute atomic E-state index is 0.121. The number of hydrogen-bond acceptors (Lipinski definition) is 8. The van der Waals surface area contributed by atoms with Crippen LogP contribution in [0.3, 0.4) is 0 Å². The van der Waals surface area contributed by atoms with Gasteiger partial charge < -0.3 is 25.4 Å². The third-order valence-corrected chi connectivity index (χ3v) is 8.56. The number of amides is 2. The van der Waals surface area contributed by atoms with Crippen LogP contribution in [0.1, 0.15) is 58.6 Å². The average Bonchev–Trinajstić information content (AvgIpc) is 3.60. The molecule has 0 aliphatic carbocycles. The van der Waals surface area contributed by atoms with Crippen LogP contribution in [0.15, 0.2) is 66.7 Å². The maximum atomic E-state index is 15.6. The largest absolute Gasteiger partial charge is 0.453 e. The molecule has 5 rings (SSSR count). The summed E-state index contributed by atoms with van der Waals surface area (Å²) in [4.78, 5) is 27.2.